The molecule has 106 valence electrons. The zero-order valence-corrected chi connectivity index (χ0v) is 11.4. The van der Waals surface area contributed by atoms with Crippen molar-refractivity contribution in [1.29, 1.82) is 0 Å². The molecule has 0 aliphatic carbocycles. The van der Waals surface area contributed by atoms with E-state index in [-0.39, 0.29) is 16.4 Å². The van der Waals surface area contributed by atoms with E-state index in [0.717, 1.165) is 0 Å². The maximum atomic E-state index is 13.1. The van der Waals surface area contributed by atoms with Crippen LogP contribution in [0, 0.1) is 12.7 Å². The van der Waals surface area contributed by atoms with E-state index >= 15 is 0 Å². The lowest BCUT2D eigenvalue weighted by Crippen LogP contribution is -2.14. The van der Waals surface area contributed by atoms with Crippen molar-refractivity contribution in [2.24, 2.45) is 5.14 Å². The molecule has 0 unspecified atom stereocenters. The van der Waals surface area contributed by atoms with Crippen molar-refractivity contribution in [3.63, 3.8) is 0 Å². The summed E-state index contributed by atoms with van der Waals surface area (Å²) < 4.78 is 41.1. The Morgan fingerprint density at radius 3 is 2.25 bits per heavy atom. The van der Waals surface area contributed by atoms with Gasteiger partial charge in [-0.25, -0.2) is 17.9 Å². The van der Waals surface area contributed by atoms with Crippen LogP contribution in [-0.2, 0) is 10.0 Å². The first-order chi connectivity index (χ1) is 9.27. The van der Waals surface area contributed by atoms with Crippen molar-refractivity contribution in [3.8, 4) is 11.5 Å². The molecular weight excluding hydrogens is 283 g/mol. The minimum Gasteiger partial charge on any atom is -0.457 e. The number of ether oxygens (including phenoxy) is 1. The van der Waals surface area contributed by atoms with Crippen LogP contribution in [0.4, 0.5) is 10.1 Å². The molecule has 7 heteroatoms. The molecule has 2 aromatic rings. The summed E-state index contributed by atoms with van der Waals surface area (Å²) in [4.78, 5) is -0.167. The summed E-state index contributed by atoms with van der Waals surface area (Å²) >= 11 is 0. The highest BCUT2D eigenvalue weighted by Gasteiger charge is 2.13. The molecule has 20 heavy (non-hydrogen) atoms. The fraction of sp³-hybridized carbons (Fsp3) is 0.0769. The molecular formula is C13H13FN2O3S. The van der Waals surface area contributed by atoms with Crippen molar-refractivity contribution in [2.75, 3.05) is 5.73 Å². The Labute approximate surface area is 116 Å². The molecule has 0 heterocycles. The summed E-state index contributed by atoms with van der Waals surface area (Å²) in [6.07, 6.45) is 0. The predicted octanol–water partition coefficient (Wildman–Crippen LogP) is 2.16. The Morgan fingerprint density at radius 2 is 1.70 bits per heavy atom. The van der Waals surface area contributed by atoms with Crippen LogP contribution in [0.5, 0.6) is 11.5 Å². The molecule has 0 radical (unpaired) electrons. The first-order valence-electron chi connectivity index (χ1n) is 5.64. The highest BCUT2D eigenvalue weighted by Crippen LogP contribution is 2.28. The van der Waals surface area contributed by atoms with E-state index in [1.54, 1.807) is 6.92 Å². The number of nitrogen functional groups attached to an aromatic ring is 1. The largest absolute Gasteiger partial charge is 0.457 e. The second kappa shape index (κ2) is 5.10. The van der Waals surface area contributed by atoms with E-state index in [1.165, 1.54) is 36.4 Å². The zero-order chi connectivity index (χ0) is 14.9. The number of aryl methyl sites for hydroxylation is 1. The number of halogens is 1. The number of sulfonamides is 1. The van der Waals surface area contributed by atoms with E-state index in [4.69, 9.17) is 15.6 Å². The normalized spacial score (nSPS) is 11.3. The minimum absolute atomic E-state index is 0.0103. The summed E-state index contributed by atoms with van der Waals surface area (Å²) in [5.41, 5.74) is 6.05. The molecule has 0 aliphatic rings. The highest BCUT2D eigenvalue weighted by atomic mass is 32.2. The maximum absolute atomic E-state index is 13.1. The van der Waals surface area contributed by atoms with Gasteiger partial charge in [-0.3, -0.25) is 0 Å². The summed E-state index contributed by atoms with van der Waals surface area (Å²) in [6.45, 7) is 1.61. The third-order valence-corrected chi connectivity index (χ3v) is 3.64. The van der Waals surface area contributed by atoms with Gasteiger partial charge in [0.05, 0.1) is 5.69 Å². The van der Waals surface area contributed by atoms with Gasteiger partial charge in [0.1, 0.15) is 22.2 Å². The van der Waals surface area contributed by atoms with Crippen molar-refractivity contribution in [2.45, 2.75) is 11.8 Å². The Bertz CT molecular complexity index is 760. The van der Waals surface area contributed by atoms with E-state index in [1.807, 2.05) is 0 Å². The number of hydrogen-bond acceptors (Lipinski definition) is 4. The number of hydrogen-bond donors (Lipinski definition) is 2. The lowest BCUT2D eigenvalue weighted by atomic mass is 10.2. The van der Waals surface area contributed by atoms with Gasteiger partial charge < -0.3 is 10.5 Å². The second-order valence-corrected chi connectivity index (χ2v) is 5.79. The van der Waals surface area contributed by atoms with E-state index in [9.17, 15) is 12.8 Å². The van der Waals surface area contributed by atoms with Crippen LogP contribution in [-0.4, -0.2) is 8.42 Å². The van der Waals surface area contributed by atoms with Gasteiger partial charge in [-0.15, -0.1) is 0 Å². The van der Waals surface area contributed by atoms with Gasteiger partial charge in [-0.1, -0.05) is 0 Å². The number of primary sulfonamides is 1. The molecule has 5 nitrogen and oxygen atoms in total. The number of benzene rings is 2. The molecule has 0 atom stereocenters. The Morgan fingerprint density at radius 1 is 1.10 bits per heavy atom. The van der Waals surface area contributed by atoms with E-state index in [2.05, 4.69) is 0 Å². The zero-order valence-electron chi connectivity index (χ0n) is 10.6. The van der Waals surface area contributed by atoms with Gasteiger partial charge in [0.15, 0.2) is 0 Å². The van der Waals surface area contributed by atoms with Crippen LogP contribution in [0.25, 0.3) is 0 Å². The molecule has 0 spiro atoms. The molecule has 0 saturated carbocycles. The monoisotopic (exact) mass is 296 g/mol. The van der Waals surface area contributed by atoms with Gasteiger partial charge >= 0.3 is 0 Å². The van der Waals surface area contributed by atoms with Crippen LogP contribution in [0.2, 0.25) is 0 Å². The molecule has 0 amide bonds. The smallest absolute Gasteiger partial charge is 0.240 e. The molecule has 0 saturated heterocycles. The first kappa shape index (κ1) is 14.3. The van der Waals surface area contributed by atoms with Crippen LogP contribution in [0.3, 0.4) is 0 Å². The van der Waals surface area contributed by atoms with E-state index in [0.29, 0.717) is 17.1 Å². The average Bonchev–Trinajstić information content (AvgIpc) is 2.32. The van der Waals surface area contributed by atoms with Gasteiger partial charge in [0.2, 0.25) is 10.0 Å². The van der Waals surface area contributed by atoms with Gasteiger partial charge in [0.25, 0.3) is 0 Å². The van der Waals surface area contributed by atoms with Crippen LogP contribution >= 0.6 is 0 Å². The third kappa shape index (κ3) is 3.06. The van der Waals surface area contributed by atoms with Gasteiger partial charge in [0, 0.05) is 6.07 Å². The molecule has 0 aromatic heterocycles. The Hall–Kier alpha value is -2.12. The Kier molecular flexibility index (Phi) is 3.65. The molecule has 0 fully saturated rings. The fourth-order valence-electron chi connectivity index (χ4n) is 1.67. The molecule has 2 rings (SSSR count). The lowest BCUT2D eigenvalue weighted by Gasteiger charge is -2.09. The summed E-state index contributed by atoms with van der Waals surface area (Å²) in [7, 11) is -3.87. The minimum atomic E-state index is -3.87. The number of nitrogens with two attached hydrogens (primary N) is 2. The van der Waals surface area contributed by atoms with Crippen LogP contribution in [0.1, 0.15) is 5.56 Å². The fourth-order valence-corrected chi connectivity index (χ4v) is 2.31. The van der Waals surface area contributed by atoms with Crippen molar-refractivity contribution >= 4 is 15.7 Å². The van der Waals surface area contributed by atoms with E-state index < -0.39 is 10.0 Å². The predicted molar refractivity (Wildman–Crippen MR) is 73.4 cm³/mol. The topological polar surface area (TPSA) is 95.4 Å². The van der Waals surface area contributed by atoms with Crippen LogP contribution in [0.15, 0.2) is 41.3 Å². The first-order valence-corrected chi connectivity index (χ1v) is 7.18. The summed E-state index contributed by atoms with van der Waals surface area (Å²) in [6, 6.07) is 8.31. The van der Waals surface area contributed by atoms with Gasteiger partial charge in [-0.2, -0.15) is 0 Å². The van der Waals surface area contributed by atoms with Crippen molar-refractivity contribution in [3.05, 3.63) is 47.8 Å². The summed E-state index contributed by atoms with van der Waals surface area (Å²) in [5.74, 6) is 0.425. The standard InChI is InChI=1S/C13H13FN2O3S/c1-8-6-9(2-4-11(8)14)19-10-3-5-13(12(15)7-10)20(16,17)18/h2-7H,15H2,1H3,(H2,16,17,18). The van der Waals surface area contributed by atoms with Crippen LogP contribution < -0.4 is 15.6 Å². The Balaban J connectivity index is 2.31. The van der Waals surface area contributed by atoms with Crippen molar-refractivity contribution < 1.29 is 17.5 Å². The third-order valence-electron chi connectivity index (χ3n) is 2.65. The maximum Gasteiger partial charge on any atom is 0.240 e. The van der Waals surface area contributed by atoms with Gasteiger partial charge in [-0.05, 0) is 42.8 Å². The molecule has 0 bridgehead atoms. The second-order valence-electron chi connectivity index (χ2n) is 4.26. The highest BCUT2D eigenvalue weighted by molar-refractivity contribution is 7.89. The lowest BCUT2D eigenvalue weighted by molar-refractivity contribution is 0.479. The summed E-state index contributed by atoms with van der Waals surface area (Å²) in [5, 5.41) is 5.01. The SMILES string of the molecule is Cc1cc(Oc2ccc(S(N)(=O)=O)c(N)c2)ccc1F. The van der Waals surface area contributed by atoms with Crippen molar-refractivity contribution in [1.82, 2.24) is 0 Å². The average molecular weight is 296 g/mol. The molecule has 4 N–H and O–H groups in total. The number of anilines is 1. The quantitative estimate of drug-likeness (QED) is 0.848. The molecule has 2 aromatic carbocycles. The molecule has 0 aliphatic heterocycles. The number of rotatable bonds is 3.